The van der Waals surface area contributed by atoms with E-state index in [1.807, 2.05) is 12.1 Å². The molecule has 1 N–H and O–H groups in total. The van der Waals surface area contributed by atoms with E-state index >= 15 is 0 Å². The monoisotopic (exact) mass is 327 g/mol. The van der Waals surface area contributed by atoms with Gasteiger partial charge < -0.3 is 15.0 Å². The normalized spacial score (nSPS) is 11.5. The van der Waals surface area contributed by atoms with Crippen molar-refractivity contribution in [3.63, 3.8) is 0 Å². The van der Waals surface area contributed by atoms with Crippen molar-refractivity contribution in [2.75, 3.05) is 14.1 Å². The van der Waals surface area contributed by atoms with E-state index in [9.17, 15) is 9.59 Å². The molecule has 0 saturated carbocycles. The minimum atomic E-state index is -0.575. The third-order valence-electron chi connectivity index (χ3n) is 3.40. The van der Waals surface area contributed by atoms with Crippen LogP contribution in [0.15, 0.2) is 48.8 Å². The van der Waals surface area contributed by atoms with E-state index < -0.39 is 6.04 Å². The predicted molar refractivity (Wildman–Crippen MR) is 90.6 cm³/mol. The summed E-state index contributed by atoms with van der Waals surface area (Å²) in [5.41, 5.74) is 1.44. The molecule has 1 heterocycles. The SMILES string of the molecule is CC(NC(=O)c1ccc(OCc2cccnc2)cc1)C(=O)N(C)C. The van der Waals surface area contributed by atoms with Crippen molar-refractivity contribution in [2.24, 2.45) is 0 Å². The standard InChI is InChI=1S/C18H21N3O3/c1-13(18(23)21(2)3)20-17(22)15-6-8-16(9-7-15)24-12-14-5-4-10-19-11-14/h4-11,13H,12H2,1-3H3,(H,20,22). The Kier molecular flexibility index (Phi) is 5.89. The minimum Gasteiger partial charge on any atom is -0.489 e. The van der Waals surface area contributed by atoms with Crippen LogP contribution in [0.2, 0.25) is 0 Å². The molecule has 0 spiro atoms. The van der Waals surface area contributed by atoms with Crippen molar-refractivity contribution < 1.29 is 14.3 Å². The second-order valence-corrected chi connectivity index (χ2v) is 5.60. The Morgan fingerprint density at radius 2 is 1.92 bits per heavy atom. The van der Waals surface area contributed by atoms with Gasteiger partial charge in [-0.3, -0.25) is 14.6 Å². The van der Waals surface area contributed by atoms with Gasteiger partial charge in [-0.05, 0) is 37.3 Å². The van der Waals surface area contributed by atoms with E-state index in [2.05, 4.69) is 10.3 Å². The van der Waals surface area contributed by atoms with Crippen LogP contribution in [0.1, 0.15) is 22.8 Å². The van der Waals surface area contributed by atoms with E-state index in [0.29, 0.717) is 17.9 Å². The van der Waals surface area contributed by atoms with Gasteiger partial charge in [0.1, 0.15) is 18.4 Å². The van der Waals surface area contributed by atoms with Crippen LogP contribution in [0.3, 0.4) is 0 Å². The number of ether oxygens (including phenoxy) is 1. The number of hydrogen-bond acceptors (Lipinski definition) is 4. The second kappa shape index (κ2) is 8.10. The van der Waals surface area contributed by atoms with Crippen LogP contribution in [0, 0.1) is 0 Å². The Balaban J connectivity index is 1.91. The molecule has 1 atom stereocenters. The summed E-state index contributed by atoms with van der Waals surface area (Å²) in [7, 11) is 3.30. The Bertz CT molecular complexity index is 684. The summed E-state index contributed by atoms with van der Waals surface area (Å²) in [6, 6.07) is 9.99. The number of hydrogen-bond donors (Lipinski definition) is 1. The van der Waals surface area contributed by atoms with Crippen molar-refractivity contribution in [1.82, 2.24) is 15.2 Å². The number of aromatic nitrogens is 1. The van der Waals surface area contributed by atoms with Gasteiger partial charge in [0.05, 0.1) is 0 Å². The molecule has 0 saturated heterocycles. The molecule has 0 fully saturated rings. The molecular formula is C18H21N3O3. The minimum absolute atomic E-state index is 0.153. The van der Waals surface area contributed by atoms with E-state index in [1.54, 1.807) is 57.7 Å². The van der Waals surface area contributed by atoms with Crippen molar-refractivity contribution in [3.05, 3.63) is 59.9 Å². The lowest BCUT2D eigenvalue weighted by atomic mass is 10.2. The first-order valence-electron chi connectivity index (χ1n) is 7.61. The molecular weight excluding hydrogens is 306 g/mol. The summed E-state index contributed by atoms with van der Waals surface area (Å²) in [6.45, 7) is 2.07. The van der Waals surface area contributed by atoms with E-state index in [4.69, 9.17) is 4.74 Å². The topological polar surface area (TPSA) is 71.5 Å². The van der Waals surface area contributed by atoms with E-state index in [-0.39, 0.29) is 11.8 Å². The van der Waals surface area contributed by atoms with Crippen LogP contribution in [0.4, 0.5) is 0 Å². The van der Waals surface area contributed by atoms with E-state index in [0.717, 1.165) is 5.56 Å². The summed E-state index contributed by atoms with van der Waals surface area (Å²) in [5.74, 6) is 0.212. The van der Waals surface area contributed by atoms with Gasteiger partial charge in [-0.2, -0.15) is 0 Å². The van der Waals surface area contributed by atoms with Crippen LogP contribution in [0.25, 0.3) is 0 Å². The lowest BCUT2D eigenvalue weighted by Crippen LogP contribution is -2.44. The molecule has 6 heteroatoms. The quantitative estimate of drug-likeness (QED) is 0.879. The van der Waals surface area contributed by atoms with Crippen LogP contribution in [0.5, 0.6) is 5.75 Å². The number of carbonyl (C=O) groups is 2. The van der Waals surface area contributed by atoms with Crippen LogP contribution >= 0.6 is 0 Å². The highest BCUT2D eigenvalue weighted by Crippen LogP contribution is 2.14. The molecule has 2 rings (SSSR count). The molecule has 0 aliphatic rings. The molecule has 6 nitrogen and oxygen atoms in total. The second-order valence-electron chi connectivity index (χ2n) is 5.60. The van der Waals surface area contributed by atoms with Crippen molar-refractivity contribution in [3.8, 4) is 5.75 Å². The largest absolute Gasteiger partial charge is 0.489 e. The molecule has 0 bridgehead atoms. The first kappa shape index (κ1) is 17.5. The molecule has 2 aromatic rings. The summed E-state index contributed by atoms with van der Waals surface area (Å²) in [5, 5.41) is 2.68. The first-order chi connectivity index (χ1) is 11.5. The number of likely N-dealkylation sites (N-methyl/N-ethyl adjacent to an activating group) is 1. The van der Waals surface area contributed by atoms with Crippen LogP contribution in [-0.2, 0) is 11.4 Å². The molecule has 1 unspecified atom stereocenters. The fourth-order valence-corrected chi connectivity index (χ4v) is 2.08. The fourth-order valence-electron chi connectivity index (χ4n) is 2.08. The number of pyridine rings is 1. The van der Waals surface area contributed by atoms with Gasteiger partial charge in [0.25, 0.3) is 5.91 Å². The first-order valence-corrected chi connectivity index (χ1v) is 7.61. The molecule has 0 aliphatic carbocycles. The Morgan fingerprint density at radius 1 is 1.21 bits per heavy atom. The van der Waals surface area contributed by atoms with Crippen molar-refractivity contribution >= 4 is 11.8 Å². The predicted octanol–water partition coefficient (Wildman–Crippen LogP) is 1.87. The highest BCUT2D eigenvalue weighted by Gasteiger charge is 2.17. The molecule has 0 aliphatic heterocycles. The van der Waals surface area contributed by atoms with Crippen LogP contribution in [-0.4, -0.2) is 41.8 Å². The molecule has 1 aromatic heterocycles. The van der Waals surface area contributed by atoms with Gasteiger partial charge in [0.2, 0.25) is 5.91 Å². The number of nitrogens with one attached hydrogen (secondary N) is 1. The molecule has 2 amide bonds. The zero-order chi connectivity index (χ0) is 17.5. The highest BCUT2D eigenvalue weighted by atomic mass is 16.5. The number of rotatable bonds is 6. The highest BCUT2D eigenvalue weighted by molar-refractivity contribution is 5.97. The maximum absolute atomic E-state index is 12.1. The molecule has 1 aromatic carbocycles. The van der Waals surface area contributed by atoms with Crippen LogP contribution < -0.4 is 10.1 Å². The van der Waals surface area contributed by atoms with E-state index in [1.165, 1.54) is 4.90 Å². The fraction of sp³-hybridized carbons (Fsp3) is 0.278. The van der Waals surface area contributed by atoms with Gasteiger partial charge in [0, 0.05) is 37.6 Å². The molecule has 0 radical (unpaired) electrons. The number of benzene rings is 1. The van der Waals surface area contributed by atoms with Gasteiger partial charge in [-0.1, -0.05) is 6.07 Å². The van der Waals surface area contributed by atoms with Gasteiger partial charge >= 0.3 is 0 Å². The average molecular weight is 327 g/mol. The number of carbonyl (C=O) groups excluding carboxylic acids is 2. The summed E-state index contributed by atoms with van der Waals surface area (Å²) < 4.78 is 5.65. The average Bonchev–Trinajstić information content (AvgIpc) is 2.60. The third-order valence-corrected chi connectivity index (χ3v) is 3.40. The van der Waals surface area contributed by atoms with Gasteiger partial charge in [0.15, 0.2) is 0 Å². The number of amides is 2. The smallest absolute Gasteiger partial charge is 0.251 e. The van der Waals surface area contributed by atoms with Gasteiger partial charge in [-0.25, -0.2) is 0 Å². The maximum Gasteiger partial charge on any atom is 0.251 e. The summed E-state index contributed by atoms with van der Waals surface area (Å²) in [4.78, 5) is 29.4. The van der Waals surface area contributed by atoms with Crippen molar-refractivity contribution in [1.29, 1.82) is 0 Å². The molecule has 126 valence electrons. The third kappa shape index (κ3) is 4.81. The zero-order valence-corrected chi connectivity index (χ0v) is 14.0. The summed E-state index contributed by atoms with van der Waals surface area (Å²) in [6.07, 6.45) is 3.45. The Labute approximate surface area is 141 Å². The Morgan fingerprint density at radius 3 is 2.50 bits per heavy atom. The lowest BCUT2D eigenvalue weighted by molar-refractivity contribution is -0.130. The maximum atomic E-state index is 12.1. The molecule has 24 heavy (non-hydrogen) atoms. The Hall–Kier alpha value is -2.89. The van der Waals surface area contributed by atoms with Crippen molar-refractivity contribution in [2.45, 2.75) is 19.6 Å². The van der Waals surface area contributed by atoms with Gasteiger partial charge in [-0.15, -0.1) is 0 Å². The lowest BCUT2D eigenvalue weighted by Gasteiger charge is -2.18. The number of nitrogens with zero attached hydrogens (tertiary/aromatic N) is 2. The summed E-state index contributed by atoms with van der Waals surface area (Å²) >= 11 is 0. The zero-order valence-electron chi connectivity index (χ0n) is 14.0.